The Bertz CT molecular complexity index is 397. The average molecular weight is 205 g/mol. The van der Waals surface area contributed by atoms with E-state index in [0.717, 1.165) is 17.7 Å². The van der Waals surface area contributed by atoms with Gasteiger partial charge in [-0.15, -0.1) is 6.42 Å². The molecule has 1 aromatic rings. The molecule has 0 aromatic heterocycles. The van der Waals surface area contributed by atoms with Gasteiger partial charge in [-0.25, -0.2) is 4.39 Å². The lowest BCUT2D eigenvalue weighted by molar-refractivity contribution is 0.230. The van der Waals surface area contributed by atoms with Gasteiger partial charge in [0, 0.05) is 18.5 Å². The van der Waals surface area contributed by atoms with Crippen LogP contribution in [0.15, 0.2) is 18.2 Å². The Morgan fingerprint density at radius 1 is 1.60 bits per heavy atom. The molecule has 0 saturated heterocycles. The molecule has 3 heteroatoms. The average Bonchev–Trinajstić information content (AvgIpc) is 2.60. The van der Waals surface area contributed by atoms with Crippen LogP contribution >= 0.6 is 0 Å². The van der Waals surface area contributed by atoms with E-state index in [0.29, 0.717) is 13.1 Å². The van der Waals surface area contributed by atoms with Crippen LogP contribution in [-0.4, -0.2) is 19.2 Å². The van der Waals surface area contributed by atoms with Crippen LogP contribution in [0, 0.1) is 18.2 Å². The summed E-state index contributed by atoms with van der Waals surface area (Å²) in [6.45, 7) is 1.23. The second kappa shape index (κ2) is 4.33. The molecule has 15 heavy (non-hydrogen) atoms. The number of benzene rings is 1. The zero-order chi connectivity index (χ0) is 10.7. The largest absolute Gasteiger partial charge is 0.488 e. The fourth-order valence-corrected chi connectivity index (χ4v) is 1.71. The van der Waals surface area contributed by atoms with E-state index < -0.39 is 0 Å². The molecule has 2 nitrogen and oxygen atoms in total. The minimum Gasteiger partial charge on any atom is -0.488 e. The van der Waals surface area contributed by atoms with Crippen molar-refractivity contribution in [2.45, 2.75) is 12.5 Å². The van der Waals surface area contributed by atoms with Crippen LogP contribution in [-0.2, 0) is 6.42 Å². The fourth-order valence-electron chi connectivity index (χ4n) is 1.71. The van der Waals surface area contributed by atoms with Crippen molar-refractivity contribution in [3.8, 4) is 18.1 Å². The normalized spacial score (nSPS) is 18.0. The molecule has 1 aromatic carbocycles. The van der Waals surface area contributed by atoms with Crippen molar-refractivity contribution in [2.75, 3.05) is 13.1 Å². The highest BCUT2D eigenvalue weighted by atomic mass is 19.1. The lowest BCUT2D eigenvalue weighted by atomic mass is 10.1. The monoisotopic (exact) mass is 205 g/mol. The first-order valence-electron chi connectivity index (χ1n) is 4.89. The third-order valence-electron chi connectivity index (χ3n) is 2.36. The minimum atomic E-state index is -0.213. The van der Waals surface area contributed by atoms with Crippen LogP contribution < -0.4 is 10.1 Å². The van der Waals surface area contributed by atoms with E-state index in [1.807, 2.05) is 0 Å². The van der Waals surface area contributed by atoms with Gasteiger partial charge in [-0.2, -0.15) is 0 Å². The molecule has 2 rings (SSSR count). The van der Waals surface area contributed by atoms with Crippen molar-refractivity contribution in [1.82, 2.24) is 5.32 Å². The highest BCUT2D eigenvalue weighted by molar-refractivity contribution is 5.37. The van der Waals surface area contributed by atoms with Crippen molar-refractivity contribution >= 4 is 0 Å². The van der Waals surface area contributed by atoms with Gasteiger partial charge in [0.25, 0.3) is 0 Å². The highest BCUT2D eigenvalue weighted by Gasteiger charge is 2.22. The first-order chi connectivity index (χ1) is 7.29. The highest BCUT2D eigenvalue weighted by Crippen LogP contribution is 2.28. The molecular formula is C12H12FNO. The quantitative estimate of drug-likeness (QED) is 0.594. The van der Waals surface area contributed by atoms with Gasteiger partial charge in [0.2, 0.25) is 0 Å². The standard InChI is InChI=1S/C12H12FNO/c1-2-5-14-8-11-7-9-6-10(13)3-4-12(9)15-11/h1,3-4,6,11,14H,5,7-8H2. The smallest absolute Gasteiger partial charge is 0.123 e. The first kappa shape index (κ1) is 10.0. The fraction of sp³-hybridized carbons (Fsp3) is 0.333. The minimum absolute atomic E-state index is 0.0650. The molecule has 1 N–H and O–H groups in total. The van der Waals surface area contributed by atoms with Gasteiger partial charge in [0.05, 0.1) is 6.54 Å². The molecule has 1 aliphatic heterocycles. The molecule has 0 saturated carbocycles. The maximum Gasteiger partial charge on any atom is 0.123 e. The van der Waals surface area contributed by atoms with Crippen LogP contribution in [0.1, 0.15) is 5.56 Å². The van der Waals surface area contributed by atoms with Crippen molar-refractivity contribution in [3.05, 3.63) is 29.6 Å². The van der Waals surface area contributed by atoms with Gasteiger partial charge in [-0.1, -0.05) is 5.92 Å². The van der Waals surface area contributed by atoms with Crippen molar-refractivity contribution in [1.29, 1.82) is 0 Å². The maximum atomic E-state index is 12.9. The summed E-state index contributed by atoms with van der Waals surface area (Å²) in [5, 5.41) is 3.07. The predicted octanol–water partition coefficient (Wildman–Crippen LogP) is 1.35. The first-order valence-corrected chi connectivity index (χ1v) is 4.89. The molecule has 1 unspecified atom stereocenters. The van der Waals surface area contributed by atoms with Crippen LogP contribution in [0.3, 0.4) is 0 Å². The Morgan fingerprint density at radius 2 is 2.47 bits per heavy atom. The SMILES string of the molecule is C#CCNCC1Cc2cc(F)ccc2O1. The number of rotatable bonds is 3. The Balaban J connectivity index is 1.95. The summed E-state index contributed by atoms with van der Waals surface area (Å²) in [4.78, 5) is 0. The van der Waals surface area contributed by atoms with Gasteiger partial charge in [0.1, 0.15) is 17.7 Å². The van der Waals surface area contributed by atoms with E-state index >= 15 is 0 Å². The Kier molecular flexibility index (Phi) is 2.89. The molecule has 0 spiro atoms. The maximum absolute atomic E-state index is 12.9. The zero-order valence-electron chi connectivity index (χ0n) is 8.29. The molecule has 0 bridgehead atoms. The van der Waals surface area contributed by atoms with Crippen LogP contribution in [0.5, 0.6) is 5.75 Å². The summed E-state index contributed by atoms with van der Waals surface area (Å²) < 4.78 is 18.5. The van der Waals surface area contributed by atoms with Crippen molar-refractivity contribution in [2.24, 2.45) is 0 Å². The molecule has 1 aliphatic rings. The molecule has 0 fully saturated rings. The predicted molar refractivity (Wildman–Crippen MR) is 56.2 cm³/mol. The third kappa shape index (κ3) is 2.28. The van der Waals surface area contributed by atoms with Crippen molar-refractivity contribution in [3.63, 3.8) is 0 Å². The van der Waals surface area contributed by atoms with Gasteiger partial charge < -0.3 is 10.1 Å². The number of terminal acetylenes is 1. The summed E-state index contributed by atoms with van der Waals surface area (Å²) in [5.74, 6) is 3.06. The van der Waals surface area contributed by atoms with Crippen LogP contribution in [0.4, 0.5) is 4.39 Å². The Labute approximate surface area is 88.4 Å². The lowest BCUT2D eigenvalue weighted by Gasteiger charge is -2.09. The summed E-state index contributed by atoms with van der Waals surface area (Å²) in [5.41, 5.74) is 0.933. The van der Waals surface area contributed by atoms with Gasteiger partial charge in [-0.3, -0.25) is 0 Å². The van der Waals surface area contributed by atoms with Gasteiger partial charge in [-0.05, 0) is 18.2 Å². The molecule has 1 atom stereocenters. The number of hydrogen-bond donors (Lipinski definition) is 1. The number of ether oxygens (including phenoxy) is 1. The summed E-state index contributed by atoms with van der Waals surface area (Å²) in [6, 6.07) is 4.61. The molecule has 0 amide bonds. The molecule has 0 aliphatic carbocycles. The van der Waals surface area contributed by atoms with E-state index in [-0.39, 0.29) is 11.9 Å². The van der Waals surface area contributed by atoms with Crippen LogP contribution in [0.2, 0.25) is 0 Å². The number of fused-ring (bicyclic) bond motifs is 1. The van der Waals surface area contributed by atoms with E-state index in [4.69, 9.17) is 11.2 Å². The number of hydrogen-bond acceptors (Lipinski definition) is 2. The molecule has 1 heterocycles. The van der Waals surface area contributed by atoms with E-state index in [1.54, 1.807) is 6.07 Å². The number of halogens is 1. The summed E-state index contributed by atoms with van der Waals surface area (Å²) >= 11 is 0. The van der Waals surface area contributed by atoms with Crippen LogP contribution in [0.25, 0.3) is 0 Å². The van der Waals surface area contributed by atoms with Gasteiger partial charge >= 0.3 is 0 Å². The third-order valence-corrected chi connectivity index (χ3v) is 2.36. The van der Waals surface area contributed by atoms with E-state index in [9.17, 15) is 4.39 Å². The Morgan fingerprint density at radius 3 is 3.27 bits per heavy atom. The number of nitrogens with one attached hydrogen (secondary N) is 1. The topological polar surface area (TPSA) is 21.3 Å². The summed E-state index contributed by atoms with van der Waals surface area (Å²) in [6.07, 6.45) is 5.92. The second-order valence-electron chi connectivity index (χ2n) is 3.53. The second-order valence-corrected chi connectivity index (χ2v) is 3.53. The van der Waals surface area contributed by atoms with E-state index in [1.165, 1.54) is 12.1 Å². The molecule has 0 radical (unpaired) electrons. The zero-order valence-corrected chi connectivity index (χ0v) is 8.29. The molecular weight excluding hydrogens is 193 g/mol. The Hall–Kier alpha value is -1.53. The van der Waals surface area contributed by atoms with Crippen molar-refractivity contribution < 1.29 is 9.13 Å². The van der Waals surface area contributed by atoms with E-state index in [2.05, 4.69) is 11.2 Å². The van der Waals surface area contributed by atoms with Gasteiger partial charge in [0.15, 0.2) is 0 Å². The lowest BCUT2D eigenvalue weighted by Crippen LogP contribution is -2.30. The molecule has 78 valence electrons. The summed E-state index contributed by atoms with van der Waals surface area (Å²) in [7, 11) is 0.